The molecule has 3 aromatic carbocycles. The summed E-state index contributed by atoms with van der Waals surface area (Å²) in [7, 11) is -0.774. The molecule has 0 aliphatic heterocycles. The summed E-state index contributed by atoms with van der Waals surface area (Å²) in [5.74, 6) is 0.863. The van der Waals surface area contributed by atoms with Crippen molar-refractivity contribution in [1.29, 1.82) is 0 Å². The molecule has 8 heteroatoms. The van der Waals surface area contributed by atoms with Crippen molar-refractivity contribution < 1.29 is 22.7 Å². The van der Waals surface area contributed by atoms with E-state index in [0.717, 1.165) is 0 Å². The van der Waals surface area contributed by atoms with Crippen LogP contribution in [-0.2, 0) is 10.0 Å². The van der Waals surface area contributed by atoms with E-state index < -0.39 is 15.9 Å². The highest BCUT2D eigenvalue weighted by molar-refractivity contribution is 7.92. The number of benzene rings is 3. The monoisotopic (exact) mass is 412 g/mol. The predicted molar refractivity (Wildman–Crippen MR) is 111 cm³/mol. The smallest absolute Gasteiger partial charge is 0.261 e. The summed E-state index contributed by atoms with van der Waals surface area (Å²) in [5.41, 5.74) is 1.18. The van der Waals surface area contributed by atoms with E-state index >= 15 is 0 Å². The van der Waals surface area contributed by atoms with Gasteiger partial charge < -0.3 is 14.8 Å². The number of carbonyl (C=O) groups is 1. The van der Waals surface area contributed by atoms with Gasteiger partial charge in [-0.3, -0.25) is 9.52 Å². The molecular weight excluding hydrogens is 392 g/mol. The maximum Gasteiger partial charge on any atom is 0.261 e. The van der Waals surface area contributed by atoms with E-state index in [1.54, 1.807) is 61.7 Å². The van der Waals surface area contributed by atoms with Crippen LogP contribution in [-0.4, -0.2) is 28.5 Å². The summed E-state index contributed by atoms with van der Waals surface area (Å²) in [6.45, 7) is 0. The van der Waals surface area contributed by atoms with E-state index in [4.69, 9.17) is 9.47 Å². The largest absolute Gasteiger partial charge is 0.497 e. The van der Waals surface area contributed by atoms with Crippen molar-refractivity contribution in [2.24, 2.45) is 0 Å². The van der Waals surface area contributed by atoms with E-state index in [1.165, 1.54) is 25.3 Å². The minimum absolute atomic E-state index is 0.0179. The van der Waals surface area contributed by atoms with Crippen LogP contribution in [0.3, 0.4) is 0 Å². The summed E-state index contributed by atoms with van der Waals surface area (Å²) in [6, 6.07) is 19.1. The Hall–Kier alpha value is -3.52. The van der Waals surface area contributed by atoms with Crippen LogP contribution in [0.4, 0.5) is 11.4 Å². The van der Waals surface area contributed by atoms with Gasteiger partial charge >= 0.3 is 0 Å². The molecule has 0 heterocycles. The van der Waals surface area contributed by atoms with E-state index in [2.05, 4.69) is 10.0 Å². The number of carbonyl (C=O) groups excluding carboxylic acids is 1. The average Bonchev–Trinajstić information content (AvgIpc) is 2.74. The van der Waals surface area contributed by atoms with Crippen LogP contribution >= 0.6 is 0 Å². The average molecular weight is 412 g/mol. The maximum absolute atomic E-state index is 12.7. The van der Waals surface area contributed by atoms with Gasteiger partial charge in [0.1, 0.15) is 11.5 Å². The molecule has 0 bridgehead atoms. The number of anilines is 2. The van der Waals surface area contributed by atoms with Gasteiger partial charge in [0.15, 0.2) is 0 Å². The SMILES string of the molecule is COc1ccc(NC(=O)c2cccc(S(=O)(=O)Nc3ccc(OC)cc3)c2)cc1. The van der Waals surface area contributed by atoms with E-state index in [9.17, 15) is 13.2 Å². The van der Waals surface area contributed by atoms with Crippen LogP contribution in [0.25, 0.3) is 0 Å². The van der Waals surface area contributed by atoms with E-state index in [-0.39, 0.29) is 10.5 Å². The maximum atomic E-state index is 12.7. The number of hydrogen-bond acceptors (Lipinski definition) is 5. The first-order valence-corrected chi connectivity index (χ1v) is 10.1. The van der Waals surface area contributed by atoms with Crippen molar-refractivity contribution in [1.82, 2.24) is 0 Å². The second kappa shape index (κ2) is 8.66. The fraction of sp³-hybridized carbons (Fsp3) is 0.0952. The Labute approximate surface area is 169 Å². The number of hydrogen-bond donors (Lipinski definition) is 2. The summed E-state index contributed by atoms with van der Waals surface area (Å²) >= 11 is 0. The third-order valence-electron chi connectivity index (χ3n) is 4.10. The van der Waals surface area contributed by atoms with Crippen LogP contribution in [0.2, 0.25) is 0 Å². The zero-order valence-corrected chi connectivity index (χ0v) is 16.7. The van der Waals surface area contributed by atoms with Crippen LogP contribution in [0.1, 0.15) is 10.4 Å². The summed E-state index contributed by atoms with van der Waals surface area (Å²) in [6.07, 6.45) is 0. The highest BCUT2D eigenvalue weighted by atomic mass is 32.2. The lowest BCUT2D eigenvalue weighted by Crippen LogP contribution is -2.16. The van der Waals surface area contributed by atoms with Crippen LogP contribution in [0.15, 0.2) is 77.7 Å². The van der Waals surface area contributed by atoms with Gasteiger partial charge in [-0.1, -0.05) is 6.07 Å². The first kappa shape index (κ1) is 20.2. The van der Waals surface area contributed by atoms with Gasteiger partial charge in [-0.05, 0) is 66.7 Å². The molecule has 1 amide bonds. The first-order valence-electron chi connectivity index (χ1n) is 8.63. The normalized spacial score (nSPS) is 10.8. The van der Waals surface area contributed by atoms with Gasteiger partial charge in [0.05, 0.1) is 19.1 Å². The quantitative estimate of drug-likeness (QED) is 0.616. The zero-order chi connectivity index (χ0) is 20.9. The molecule has 0 aliphatic rings. The van der Waals surface area contributed by atoms with Gasteiger partial charge in [-0.25, -0.2) is 8.42 Å². The lowest BCUT2D eigenvalue weighted by molar-refractivity contribution is 0.102. The Morgan fingerprint density at radius 2 is 1.34 bits per heavy atom. The summed E-state index contributed by atoms with van der Waals surface area (Å²) in [4.78, 5) is 12.5. The number of rotatable bonds is 7. The Bertz CT molecular complexity index is 1090. The lowest BCUT2D eigenvalue weighted by Gasteiger charge is -2.10. The Morgan fingerprint density at radius 3 is 1.90 bits per heavy atom. The summed E-state index contributed by atoms with van der Waals surface area (Å²) < 4.78 is 38.0. The van der Waals surface area contributed by atoms with Crippen molar-refractivity contribution >= 4 is 27.3 Å². The number of ether oxygens (including phenoxy) is 2. The third-order valence-corrected chi connectivity index (χ3v) is 5.48. The first-order chi connectivity index (χ1) is 13.9. The molecule has 0 saturated heterocycles. The molecule has 150 valence electrons. The van der Waals surface area contributed by atoms with Crippen molar-refractivity contribution in [3.8, 4) is 11.5 Å². The van der Waals surface area contributed by atoms with Gasteiger partial charge in [-0.15, -0.1) is 0 Å². The van der Waals surface area contributed by atoms with Crippen molar-refractivity contribution in [2.45, 2.75) is 4.90 Å². The zero-order valence-electron chi connectivity index (χ0n) is 15.9. The molecule has 0 atom stereocenters. The molecule has 3 aromatic rings. The molecule has 0 spiro atoms. The molecule has 0 aliphatic carbocycles. The molecule has 29 heavy (non-hydrogen) atoms. The van der Waals surface area contributed by atoms with Crippen molar-refractivity contribution in [2.75, 3.05) is 24.3 Å². The Kier molecular flexibility index (Phi) is 6.04. The number of sulfonamides is 1. The standard InChI is InChI=1S/C21H20N2O5S/c1-27-18-10-6-16(7-11-18)22-21(24)15-4-3-5-20(14-15)29(25,26)23-17-8-12-19(28-2)13-9-17/h3-14,23H,1-2H3,(H,22,24). The van der Waals surface area contributed by atoms with Crippen LogP contribution in [0.5, 0.6) is 11.5 Å². The minimum Gasteiger partial charge on any atom is -0.497 e. The molecule has 2 N–H and O–H groups in total. The molecule has 0 unspecified atom stereocenters. The molecule has 0 radical (unpaired) electrons. The highest BCUT2D eigenvalue weighted by Crippen LogP contribution is 2.21. The number of methoxy groups -OCH3 is 2. The van der Waals surface area contributed by atoms with Crippen molar-refractivity contribution in [3.63, 3.8) is 0 Å². The van der Waals surface area contributed by atoms with E-state index in [0.29, 0.717) is 22.9 Å². The second-order valence-corrected chi connectivity index (χ2v) is 7.73. The molecule has 7 nitrogen and oxygen atoms in total. The Morgan fingerprint density at radius 1 is 0.793 bits per heavy atom. The predicted octanol–water partition coefficient (Wildman–Crippen LogP) is 3.76. The van der Waals surface area contributed by atoms with Crippen molar-refractivity contribution in [3.05, 3.63) is 78.4 Å². The number of nitrogens with one attached hydrogen (secondary N) is 2. The molecule has 3 rings (SSSR count). The van der Waals surface area contributed by atoms with E-state index in [1.807, 2.05) is 0 Å². The fourth-order valence-corrected chi connectivity index (χ4v) is 3.66. The second-order valence-electron chi connectivity index (χ2n) is 6.04. The Balaban J connectivity index is 1.76. The van der Waals surface area contributed by atoms with Gasteiger partial charge in [0.25, 0.3) is 15.9 Å². The molecular formula is C21H20N2O5S. The molecule has 0 aromatic heterocycles. The lowest BCUT2D eigenvalue weighted by atomic mass is 10.2. The minimum atomic E-state index is -3.86. The molecule has 0 saturated carbocycles. The van der Waals surface area contributed by atoms with Gasteiger partial charge in [0.2, 0.25) is 0 Å². The topological polar surface area (TPSA) is 93.7 Å². The van der Waals surface area contributed by atoms with Crippen LogP contribution in [0, 0.1) is 0 Å². The molecule has 0 fully saturated rings. The third kappa shape index (κ3) is 5.05. The summed E-state index contributed by atoms with van der Waals surface area (Å²) in [5, 5.41) is 2.73. The van der Waals surface area contributed by atoms with Gasteiger partial charge in [0, 0.05) is 16.9 Å². The fourth-order valence-electron chi connectivity index (χ4n) is 2.56. The number of amides is 1. The van der Waals surface area contributed by atoms with Gasteiger partial charge in [-0.2, -0.15) is 0 Å². The highest BCUT2D eigenvalue weighted by Gasteiger charge is 2.17. The van der Waals surface area contributed by atoms with Crippen LogP contribution < -0.4 is 19.5 Å².